The lowest BCUT2D eigenvalue weighted by molar-refractivity contribution is -0.128. The van der Waals surface area contributed by atoms with Gasteiger partial charge in [0.25, 0.3) is 0 Å². The summed E-state index contributed by atoms with van der Waals surface area (Å²) in [5.74, 6) is -0.0633. The molecule has 1 aromatic rings. The summed E-state index contributed by atoms with van der Waals surface area (Å²) in [5, 5.41) is 16.3. The van der Waals surface area contributed by atoms with Crippen molar-refractivity contribution in [3.05, 3.63) is 35.4 Å². The molecule has 1 heterocycles. The van der Waals surface area contributed by atoms with Gasteiger partial charge in [-0.25, -0.2) is 0 Å². The Hall–Kier alpha value is -1.39. The second kappa shape index (κ2) is 5.19. The van der Waals surface area contributed by atoms with E-state index in [0.29, 0.717) is 13.0 Å². The molecule has 0 aromatic heterocycles. The maximum absolute atomic E-state index is 12.4. The predicted octanol–water partition coefficient (Wildman–Crippen LogP) is 1.37. The van der Waals surface area contributed by atoms with Gasteiger partial charge in [0, 0.05) is 6.54 Å². The number of aliphatic hydroxyl groups is 1. The van der Waals surface area contributed by atoms with E-state index >= 15 is 0 Å². The van der Waals surface area contributed by atoms with Crippen LogP contribution in [0.2, 0.25) is 0 Å². The number of hydrogen-bond acceptors (Lipinski definition) is 3. The van der Waals surface area contributed by atoms with Gasteiger partial charge in [-0.1, -0.05) is 24.3 Å². The minimum absolute atomic E-state index is 0.0633. The summed E-state index contributed by atoms with van der Waals surface area (Å²) in [4.78, 5) is 12.4. The number of hydrogen-bond donors (Lipinski definition) is 3. The Balaban J connectivity index is 2.06. The molecule has 1 amide bonds. The van der Waals surface area contributed by atoms with Crippen molar-refractivity contribution in [1.82, 2.24) is 10.6 Å². The second-order valence-electron chi connectivity index (χ2n) is 6.58. The highest BCUT2D eigenvalue weighted by Gasteiger charge is 2.38. The van der Waals surface area contributed by atoms with E-state index in [2.05, 4.69) is 22.8 Å². The molecule has 110 valence electrons. The van der Waals surface area contributed by atoms with Crippen molar-refractivity contribution in [2.45, 2.75) is 57.8 Å². The number of carbonyl (C=O) groups is 1. The largest absolute Gasteiger partial charge is 0.388 e. The van der Waals surface area contributed by atoms with Crippen molar-refractivity contribution in [2.75, 3.05) is 0 Å². The smallest absolute Gasteiger partial charge is 0.237 e. The van der Waals surface area contributed by atoms with E-state index in [1.54, 1.807) is 13.8 Å². The number of benzene rings is 1. The summed E-state index contributed by atoms with van der Waals surface area (Å²) < 4.78 is 0. The zero-order valence-corrected chi connectivity index (χ0v) is 12.7. The maximum Gasteiger partial charge on any atom is 0.237 e. The quantitative estimate of drug-likeness (QED) is 0.781. The number of amides is 1. The molecular weight excluding hydrogens is 252 g/mol. The van der Waals surface area contributed by atoms with Crippen molar-refractivity contribution in [2.24, 2.45) is 0 Å². The molecule has 0 fully saturated rings. The Morgan fingerprint density at radius 2 is 1.85 bits per heavy atom. The zero-order chi connectivity index (χ0) is 15.0. The summed E-state index contributed by atoms with van der Waals surface area (Å²) in [6.45, 7) is 7.79. The van der Waals surface area contributed by atoms with Gasteiger partial charge in [0.2, 0.25) is 5.91 Å². The fraction of sp³-hybridized carbons (Fsp3) is 0.562. The predicted molar refractivity (Wildman–Crippen MR) is 79.3 cm³/mol. The Bertz CT molecular complexity index is 503. The Morgan fingerprint density at radius 3 is 2.45 bits per heavy atom. The fourth-order valence-corrected chi connectivity index (χ4v) is 2.19. The molecule has 20 heavy (non-hydrogen) atoms. The molecule has 1 aliphatic heterocycles. The first kappa shape index (κ1) is 15.0. The molecule has 0 spiro atoms. The number of rotatable bonds is 3. The molecular formula is C16H24N2O2. The van der Waals surface area contributed by atoms with Crippen LogP contribution >= 0.6 is 0 Å². The third-order valence-corrected chi connectivity index (χ3v) is 4.36. The first-order valence-corrected chi connectivity index (χ1v) is 7.05. The summed E-state index contributed by atoms with van der Waals surface area (Å²) >= 11 is 0. The zero-order valence-electron chi connectivity index (χ0n) is 12.7. The fourth-order valence-electron chi connectivity index (χ4n) is 2.19. The van der Waals surface area contributed by atoms with Crippen LogP contribution in [-0.2, 0) is 17.8 Å². The van der Waals surface area contributed by atoms with Crippen LogP contribution in [0.5, 0.6) is 0 Å². The average Bonchev–Trinajstić information content (AvgIpc) is 2.36. The van der Waals surface area contributed by atoms with Crippen LogP contribution in [0, 0.1) is 0 Å². The van der Waals surface area contributed by atoms with Crippen LogP contribution in [0.25, 0.3) is 0 Å². The molecule has 0 radical (unpaired) electrons. The van der Waals surface area contributed by atoms with Crippen molar-refractivity contribution >= 4 is 5.91 Å². The topological polar surface area (TPSA) is 61.4 Å². The molecule has 4 nitrogen and oxygen atoms in total. The standard InChI is InChI=1S/C16H24N2O2/c1-15(2,16(3,4)20)18-14(19)13-9-11-7-5-6-8-12(11)10-17-13/h5-8,13,17,20H,9-10H2,1-4H3,(H,18,19). The van der Waals surface area contributed by atoms with E-state index in [4.69, 9.17) is 0 Å². The minimum atomic E-state index is -0.977. The second-order valence-corrected chi connectivity index (χ2v) is 6.58. The van der Waals surface area contributed by atoms with Crippen LogP contribution in [0.1, 0.15) is 38.8 Å². The summed E-state index contributed by atoms with van der Waals surface area (Å²) in [7, 11) is 0. The van der Waals surface area contributed by atoms with Crippen LogP contribution in [0.3, 0.4) is 0 Å². The number of carbonyl (C=O) groups excluding carboxylic acids is 1. The molecule has 0 saturated heterocycles. The van der Waals surface area contributed by atoms with Crippen molar-refractivity contribution in [3.8, 4) is 0 Å². The highest BCUT2D eigenvalue weighted by molar-refractivity contribution is 5.83. The molecule has 4 heteroatoms. The van der Waals surface area contributed by atoms with Gasteiger partial charge >= 0.3 is 0 Å². The third-order valence-electron chi connectivity index (χ3n) is 4.36. The van der Waals surface area contributed by atoms with E-state index in [1.807, 2.05) is 26.0 Å². The van der Waals surface area contributed by atoms with Crippen LogP contribution in [0.15, 0.2) is 24.3 Å². The lowest BCUT2D eigenvalue weighted by atomic mass is 9.85. The van der Waals surface area contributed by atoms with Crippen LogP contribution in [-0.4, -0.2) is 28.2 Å². The summed E-state index contributed by atoms with van der Waals surface area (Å²) in [6.07, 6.45) is 0.684. The average molecular weight is 276 g/mol. The van der Waals surface area contributed by atoms with E-state index < -0.39 is 11.1 Å². The van der Waals surface area contributed by atoms with E-state index in [1.165, 1.54) is 11.1 Å². The monoisotopic (exact) mass is 276 g/mol. The van der Waals surface area contributed by atoms with Gasteiger partial charge in [-0.3, -0.25) is 4.79 Å². The van der Waals surface area contributed by atoms with Gasteiger partial charge in [0.05, 0.1) is 17.2 Å². The molecule has 1 atom stereocenters. The van der Waals surface area contributed by atoms with Crippen molar-refractivity contribution < 1.29 is 9.90 Å². The van der Waals surface area contributed by atoms with Crippen LogP contribution in [0.4, 0.5) is 0 Å². The lowest BCUT2D eigenvalue weighted by Crippen LogP contribution is -2.61. The highest BCUT2D eigenvalue weighted by atomic mass is 16.3. The van der Waals surface area contributed by atoms with Gasteiger partial charge in [0.1, 0.15) is 0 Å². The van der Waals surface area contributed by atoms with E-state index in [-0.39, 0.29) is 11.9 Å². The first-order valence-electron chi connectivity index (χ1n) is 7.05. The Kier molecular flexibility index (Phi) is 3.89. The Morgan fingerprint density at radius 1 is 1.25 bits per heavy atom. The highest BCUT2D eigenvalue weighted by Crippen LogP contribution is 2.22. The lowest BCUT2D eigenvalue weighted by Gasteiger charge is -2.39. The number of fused-ring (bicyclic) bond motifs is 1. The van der Waals surface area contributed by atoms with Gasteiger partial charge < -0.3 is 15.7 Å². The first-order chi connectivity index (χ1) is 9.21. The SMILES string of the molecule is CC(C)(O)C(C)(C)NC(=O)C1Cc2ccccc2CN1. The maximum atomic E-state index is 12.4. The van der Waals surface area contributed by atoms with Gasteiger partial charge in [-0.15, -0.1) is 0 Å². The van der Waals surface area contributed by atoms with Crippen LogP contribution < -0.4 is 10.6 Å². The molecule has 2 rings (SSSR count). The summed E-state index contributed by atoms with van der Waals surface area (Å²) in [6, 6.07) is 7.92. The molecule has 0 aliphatic carbocycles. The van der Waals surface area contributed by atoms with Gasteiger partial charge in [-0.2, -0.15) is 0 Å². The molecule has 1 unspecified atom stereocenters. The van der Waals surface area contributed by atoms with E-state index in [9.17, 15) is 9.90 Å². The van der Waals surface area contributed by atoms with Crippen molar-refractivity contribution in [3.63, 3.8) is 0 Å². The van der Waals surface area contributed by atoms with E-state index in [0.717, 1.165) is 0 Å². The van der Waals surface area contributed by atoms with Gasteiger partial charge in [0.15, 0.2) is 0 Å². The molecule has 1 aliphatic rings. The number of nitrogens with one attached hydrogen (secondary N) is 2. The minimum Gasteiger partial charge on any atom is -0.388 e. The van der Waals surface area contributed by atoms with Crippen molar-refractivity contribution in [1.29, 1.82) is 0 Å². The normalized spacial score (nSPS) is 19.4. The molecule has 0 saturated carbocycles. The molecule has 0 bridgehead atoms. The van der Waals surface area contributed by atoms with Gasteiger partial charge in [-0.05, 0) is 45.2 Å². The Labute approximate surface area is 120 Å². The summed E-state index contributed by atoms with van der Waals surface area (Å²) in [5.41, 5.74) is 0.809. The molecule has 3 N–H and O–H groups in total. The third kappa shape index (κ3) is 3.02. The molecule has 1 aromatic carbocycles.